The number of rotatable bonds is 6. The Kier molecular flexibility index (Phi) is 5.55. The zero-order chi connectivity index (χ0) is 18.6. The van der Waals surface area contributed by atoms with Crippen molar-refractivity contribution < 1.29 is 27.1 Å². The van der Waals surface area contributed by atoms with E-state index in [2.05, 4.69) is 10.0 Å². The number of hydrogen-bond acceptors (Lipinski definition) is 5. The summed E-state index contributed by atoms with van der Waals surface area (Å²) in [5.74, 6) is -2.04. The van der Waals surface area contributed by atoms with Crippen molar-refractivity contribution in [3.8, 4) is 0 Å². The Morgan fingerprint density at radius 3 is 2.64 bits per heavy atom. The summed E-state index contributed by atoms with van der Waals surface area (Å²) >= 11 is 0. The zero-order valence-corrected chi connectivity index (χ0v) is 14.3. The lowest BCUT2D eigenvalue weighted by atomic mass is 10.3. The summed E-state index contributed by atoms with van der Waals surface area (Å²) in [7, 11) is -0.985. The number of ether oxygens (including phenoxy) is 1. The van der Waals surface area contributed by atoms with Crippen LogP contribution in [0.4, 0.5) is 10.1 Å². The van der Waals surface area contributed by atoms with E-state index in [1.807, 2.05) is 0 Å². The fraction of sp³-hybridized carbons (Fsp3) is 0.200. The molecule has 0 atom stereocenters. The van der Waals surface area contributed by atoms with Crippen molar-refractivity contribution in [2.45, 2.75) is 4.90 Å². The Balaban J connectivity index is 1.99. The summed E-state index contributed by atoms with van der Waals surface area (Å²) in [5, 5.41) is 2.37. The topological polar surface area (TPSA) is 106 Å². The van der Waals surface area contributed by atoms with E-state index < -0.39 is 34.3 Å². The van der Waals surface area contributed by atoms with E-state index in [4.69, 9.17) is 4.74 Å². The third-order valence-corrected chi connectivity index (χ3v) is 4.59. The van der Waals surface area contributed by atoms with Crippen LogP contribution >= 0.6 is 0 Å². The van der Waals surface area contributed by atoms with E-state index in [-0.39, 0.29) is 16.3 Å². The largest absolute Gasteiger partial charge is 0.451 e. The normalized spacial score (nSPS) is 11.2. The van der Waals surface area contributed by atoms with Gasteiger partial charge in [0.05, 0.1) is 0 Å². The molecule has 0 unspecified atom stereocenters. The van der Waals surface area contributed by atoms with Gasteiger partial charge in [0.2, 0.25) is 10.0 Å². The predicted octanol–water partition coefficient (Wildman–Crippen LogP) is 0.868. The number of nitrogens with one attached hydrogen (secondary N) is 2. The van der Waals surface area contributed by atoms with Crippen LogP contribution in [0.1, 0.15) is 10.5 Å². The van der Waals surface area contributed by atoms with Gasteiger partial charge in [0, 0.05) is 18.9 Å². The maximum atomic E-state index is 13.0. The van der Waals surface area contributed by atoms with Crippen molar-refractivity contribution in [3.63, 3.8) is 0 Å². The molecule has 1 aromatic carbocycles. The molecule has 0 aliphatic rings. The first-order valence-corrected chi connectivity index (χ1v) is 8.53. The number of sulfonamides is 1. The SMILES string of the molecule is CNS(=O)(=O)c1cc(C(=O)OCC(=O)Nc2cccc(F)c2)n(C)c1. The minimum atomic E-state index is -3.70. The highest BCUT2D eigenvalue weighted by Gasteiger charge is 2.20. The molecule has 0 bridgehead atoms. The lowest BCUT2D eigenvalue weighted by molar-refractivity contribution is -0.119. The average molecular weight is 369 g/mol. The van der Waals surface area contributed by atoms with Gasteiger partial charge in [-0.25, -0.2) is 22.3 Å². The molecule has 1 amide bonds. The molecule has 8 nitrogen and oxygen atoms in total. The van der Waals surface area contributed by atoms with E-state index in [0.29, 0.717) is 0 Å². The first kappa shape index (κ1) is 18.6. The van der Waals surface area contributed by atoms with Crippen LogP contribution in [0.2, 0.25) is 0 Å². The van der Waals surface area contributed by atoms with Gasteiger partial charge < -0.3 is 14.6 Å². The van der Waals surface area contributed by atoms with Gasteiger partial charge in [-0.05, 0) is 31.3 Å². The molecule has 0 saturated carbocycles. The van der Waals surface area contributed by atoms with E-state index in [1.165, 1.54) is 43.1 Å². The van der Waals surface area contributed by atoms with Gasteiger partial charge in [-0.15, -0.1) is 0 Å². The van der Waals surface area contributed by atoms with E-state index in [1.54, 1.807) is 0 Å². The maximum absolute atomic E-state index is 13.0. The summed E-state index contributed by atoms with van der Waals surface area (Å²) < 4.78 is 44.7. The minimum absolute atomic E-state index is 0.0348. The quantitative estimate of drug-likeness (QED) is 0.735. The molecular weight excluding hydrogens is 353 g/mol. The van der Waals surface area contributed by atoms with Crippen LogP contribution in [0.5, 0.6) is 0 Å². The number of esters is 1. The maximum Gasteiger partial charge on any atom is 0.355 e. The highest BCUT2D eigenvalue weighted by Crippen LogP contribution is 2.14. The highest BCUT2D eigenvalue weighted by molar-refractivity contribution is 7.89. The number of halogens is 1. The number of carbonyl (C=O) groups excluding carboxylic acids is 2. The molecule has 2 N–H and O–H groups in total. The Hall–Kier alpha value is -2.72. The number of nitrogens with zero attached hydrogens (tertiary/aromatic N) is 1. The summed E-state index contributed by atoms with van der Waals surface area (Å²) in [5.41, 5.74) is 0.190. The van der Waals surface area contributed by atoms with Crippen LogP contribution in [0.25, 0.3) is 0 Å². The van der Waals surface area contributed by atoms with Crippen LogP contribution < -0.4 is 10.0 Å². The summed E-state index contributed by atoms with van der Waals surface area (Å²) in [6, 6.07) is 6.38. The van der Waals surface area contributed by atoms with Gasteiger partial charge >= 0.3 is 5.97 Å². The lowest BCUT2D eigenvalue weighted by Crippen LogP contribution is -2.21. The van der Waals surface area contributed by atoms with Crippen molar-refractivity contribution in [1.82, 2.24) is 9.29 Å². The van der Waals surface area contributed by atoms with Gasteiger partial charge in [0.15, 0.2) is 6.61 Å². The molecule has 0 spiro atoms. The van der Waals surface area contributed by atoms with Crippen molar-refractivity contribution >= 4 is 27.6 Å². The van der Waals surface area contributed by atoms with Gasteiger partial charge in [-0.3, -0.25) is 4.79 Å². The molecule has 25 heavy (non-hydrogen) atoms. The summed E-state index contributed by atoms with van der Waals surface area (Å²) in [6.07, 6.45) is 1.25. The zero-order valence-electron chi connectivity index (χ0n) is 13.4. The second kappa shape index (κ2) is 7.45. The molecule has 1 aromatic heterocycles. The monoisotopic (exact) mass is 369 g/mol. The Morgan fingerprint density at radius 2 is 2.00 bits per heavy atom. The highest BCUT2D eigenvalue weighted by atomic mass is 32.2. The lowest BCUT2D eigenvalue weighted by Gasteiger charge is -2.07. The number of carbonyl (C=O) groups is 2. The first-order valence-electron chi connectivity index (χ1n) is 7.05. The molecule has 2 aromatic rings. The predicted molar refractivity (Wildman–Crippen MR) is 87.0 cm³/mol. The molecule has 0 fully saturated rings. The van der Waals surface area contributed by atoms with Crippen molar-refractivity contribution in [1.29, 1.82) is 0 Å². The molecule has 0 aliphatic heterocycles. The fourth-order valence-corrected chi connectivity index (χ4v) is 2.77. The molecule has 0 saturated heterocycles. The second-order valence-corrected chi connectivity index (χ2v) is 6.90. The van der Waals surface area contributed by atoms with Crippen LogP contribution in [-0.2, 0) is 26.6 Å². The number of aromatic nitrogens is 1. The Bertz CT molecular complexity index is 908. The molecule has 0 aliphatic carbocycles. The number of amides is 1. The third-order valence-electron chi connectivity index (χ3n) is 3.21. The number of anilines is 1. The van der Waals surface area contributed by atoms with Crippen molar-refractivity contribution in [3.05, 3.63) is 48.0 Å². The number of hydrogen-bond donors (Lipinski definition) is 2. The van der Waals surface area contributed by atoms with Crippen LogP contribution in [0, 0.1) is 5.82 Å². The van der Waals surface area contributed by atoms with Gasteiger partial charge in [-0.1, -0.05) is 6.07 Å². The van der Waals surface area contributed by atoms with Gasteiger partial charge in [0.1, 0.15) is 16.4 Å². The van der Waals surface area contributed by atoms with E-state index in [9.17, 15) is 22.4 Å². The van der Waals surface area contributed by atoms with Crippen molar-refractivity contribution in [2.75, 3.05) is 19.0 Å². The number of benzene rings is 1. The molecule has 0 radical (unpaired) electrons. The van der Waals surface area contributed by atoms with Crippen molar-refractivity contribution in [2.24, 2.45) is 7.05 Å². The van der Waals surface area contributed by atoms with Gasteiger partial charge in [0.25, 0.3) is 5.91 Å². The third kappa shape index (κ3) is 4.64. The summed E-state index contributed by atoms with van der Waals surface area (Å²) in [6.45, 7) is -0.603. The molecule has 2 rings (SSSR count). The number of aryl methyl sites for hydroxylation is 1. The minimum Gasteiger partial charge on any atom is -0.451 e. The van der Waals surface area contributed by atoms with Crippen LogP contribution in [0.15, 0.2) is 41.4 Å². The van der Waals surface area contributed by atoms with E-state index >= 15 is 0 Å². The first-order chi connectivity index (χ1) is 11.7. The van der Waals surface area contributed by atoms with Gasteiger partial charge in [-0.2, -0.15) is 0 Å². The Labute approximate surface area is 143 Å². The second-order valence-electron chi connectivity index (χ2n) is 5.01. The average Bonchev–Trinajstić information content (AvgIpc) is 2.95. The standard InChI is InChI=1S/C15H16FN3O5S/c1-17-25(22,23)12-7-13(19(2)8-12)15(21)24-9-14(20)18-11-5-3-4-10(16)6-11/h3-8,17H,9H2,1-2H3,(H,18,20). The summed E-state index contributed by atoms with van der Waals surface area (Å²) in [4.78, 5) is 23.6. The molecule has 1 heterocycles. The van der Waals surface area contributed by atoms with Crippen LogP contribution in [-0.4, -0.2) is 38.5 Å². The van der Waals surface area contributed by atoms with E-state index in [0.717, 1.165) is 12.1 Å². The Morgan fingerprint density at radius 1 is 1.28 bits per heavy atom. The molecule has 10 heteroatoms. The molecule has 134 valence electrons. The van der Waals surface area contributed by atoms with Crippen LogP contribution in [0.3, 0.4) is 0 Å². The fourth-order valence-electron chi connectivity index (χ4n) is 1.97. The molecular formula is C15H16FN3O5S. The smallest absolute Gasteiger partial charge is 0.355 e.